The number of rotatable bonds is 2. The van der Waals surface area contributed by atoms with Gasteiger partial charge in [-0.3, -0.25) is 0 Å². The van der Waals surface area contributed by atoms with E-state index in [1.807, 2.05) is 12.2 Å². The van der Waals surface area contributed by atoms with Crippen LogP contribution in [-0.2, 0) is 0 Å². The number of fused-ring (bicyclic) bond motifs is 1. The van der Waals surface area contributed by atoms with Gasteiger partial charge < -0.3 is 0 Å². The van der Waals surface area contributed by atoms with Crippen LogP contribution in [-0.4, -0.2) is 0 Å². The molecule has 0 heteroatoms. The molecule has 15 heavy (non-hydrogen) atoms. The zero-order valence-corrected chi connectivity index (χ0v) is 8.56. The Morgan fingerprint density at radius 1 is 0.867 bits per heavy atom. The summed E-state index contributed by atoms with van der Waals surface area (Å²) in [6.45, 7) is 3.65. The highest BCUT2D eigenvalue weighted by molar-refractivity contribution is 5.90. The predicted octanol–water partition coefficient (Wildman–Crippen LogP) is 4.24. The summed E-state index contributed by atoms with van der Waals surface area (Å²) in [4.78, 5) is 0. The zero-order chi connectivity index (χ0) is 10.5. The van der Waals surface area contributed by atoms with Crippen molar-refractivity contribution in [2.24, 2.45) is 0 Å². The van der Waals surface area contributed by atoms with Crippen molar-refractivity contribution in [3.63, 3.8) is 0 Å². The molecule has 0 aromatic heterocycles. The third-order valence-electron chi connectivity index (χ3n) is 2.35. The fraction of sp³-hybridized carbons (Fsp3) is 0. The van der Waals surface area contributed by atoms with Gasteiger partial charge in [-0.1, -0.05) is 66.8 Å². The Morgan fingerprint density at radius 2 is 1.67 bits per heavy atom. The number of allylic oxidation sites excluding steroid dienone is 3. The van der Waals surface area contributed by atoms with E-state index in [0.29, 0.717) is 0 Å². The summed E-state index contributed by atoms with van der Waals surface area (Å²) in [5, 5.41) is 2.56. The van der Waals surface area contributed by atoms with Crippen LogP contribution >= 0.6 is 0 Å². The maximum absolute atomic E-state index is 3.65. The molecule has 0 aliphatic carbocycles. The van der Waals surface area contributed by atoms with E-state index in [0.717, 1.165) is 0 Å². The van der Waals surface area contributed by atoms with E-state index in [-0.39, 0.29) is 0 Å². The highest BCUT2D eigenvalue weighted by Crippen LogP contribution is 2.19. The summed E-state index contributed by atoms with van der Waals surface area (Å²) in [6, 6.07) is 14.7. The summed E-state index contributed by atoms with van der Waals surface area (Å²) in [7, 11) is 0. The Hall–Kier alpha value is -1.82. The second kappa shape index (κ2) is 4.61. The maximum Gasteiger partial charge on any atom is -0.0111 e. The Morgan fingerprint density at radius 3 is 2.53 bits per heavy atom. The minimum atomic E-state index is 1.24. The van der Waals surface area contributed by atoms with Crippen molar-refractivity contribution in [1.82, 2.24) is 0 Å². The number of hydrogen-bond acceptors (Lipinski definition) is 0. The van der Waals surface area contributed by atoms with Crippen molar-refractivity contribution in [3.8, 4) is 0 Å². The first-order chi connectivity index (χ1) is 7.42. The van der Waals surface area contributed by atoms with Gasteiger partial charge in [0, 0.05) is 0 Å². The van der Waals surface area contributed by atoms with Gasteiger partial charge in [-0.05, 0) is 23.3 Å². The van der Waals surface area contributed by atoms with Crippen molar-refractivity contribution in [2.45, 2.75) is 0 Å². The molecule has 0 atom stereocenters. The molecule has 1 radical (unpaired) electrons. The summed E-state index contributed by atoms with van der Waals surface area (Å²) in [5.74, 6) is 0. The molecule has 0 bridgehead atoms. The lowest BCUT2D eigenvalue weighted by molar-refractivity contribution is 1.71. The zero-order valence-electron chi connectivity index (χ0n) is 8.56. The Labute approximate surface area is 90.6 Å². The fourth-order valence-corrected chi connectivity index (χ4v) is 1.63. The van der Waals surface area contributed by atoms with Gasteiger partial charge in [0.15, 0.2) is 0 Å². The van der Waals surface area contributed by atoms with Gasteiger partial charge in [0.1, 0.15) is 0 Å². The van der Waals surface area contributed by atoms with Gasteiger partial charge in [0.05, 0.1) is 0 Å². The first-order valence-corrected chi connectivity index (χ1v) is 5.02. The minimum absolute atomic E-state index is 1.24. The first-order valence-electron chi connectivity index (χ1n) is 5.02. The van der Waals surface area contributed by atoms with Crippen molar-refractivity contribution in [2.75, 3.05) is 0 Å². The molecule has 0 fully saturated rings. The van der Waals surface area contributed by atoms with Gasteiger partial charge in [0.25, 0.3) is 0 Å². The van der Waals surface area contributed by atoms with E-state index in [1.54, 1.807) is 6.08 Å². The molecule has 2 rings (SSSR count). The van der Waals surface area contributed by atoms with Crippen LogP contribution in [0.5, 0.6) is 0 Å². The van der Waals surface area contributed by atoms with Crippen molar-refractivity contribution < 1.29 is 0 Å². The molecule has 2 aromatic rings. The molecule has 0 N–H and O–H groups in total. The highest BCUT2D eigenvalue weighted by atomic mass is 14.0. The summed E-state index contributed by atoms with van der Waals surface area (Å²) in [5.41, 5.74) is 1.24. The van der Waals surface area contributed by atoms with Gasteiger partial charge in [-0.25, -0.2) is 0 Å². The number of hydrogen-bond donors (Lipinski definition) is 0. The fourth-order valence-electron chi connectivity index (χ4n) is 1.63. The topological polar surface area (TPSA) is 0 Å². The lowest BCUT2D eigenvalue weighted by atomic mass is 10.0. The van der Waals surface area contributed by atoms with Crippen LogP contribution in [0.15, 0.2) is 60.7 Å². The van der Waals surface area contributed by atoms with Crippen molar-refractivity contribution >= 4 is 16.8 Å². The molecular weight excluding hydrogens is 180 g/mol. The van der Waals surface area contributed by atoms with Crippen LogP contribution in [0.2, 0.25) is 0 Å². The average Bonchev–Trinajstić information content (AvgIpc) is 2.30. The van der Waals surface area contributed by atoms with Gasteiger partial charge in [0.2, 0.25) is 0 Å². The molecule has 0 saturated carbocycles. The third kappa shape index (κ3) is 2.16. The molecule has 0 amide bonds. The SMILES string of the molecule is [CH2]C=CC=Cc1cccc2ccccc12. The van der Waals surface area contributed by atoms with Crippen LogP contribution in [0.4, 0.5) is 0 Å². The van der Waals surface area contributed by atoms with Crippen LogP contribution in [0, 0.1) is 6.92 Å². The molecular formula is C15H13. The molecule has 0 saturated heterocycles. The van der Waals surface area contributed by atoms with E-state index in [1.165, 1.54) is 16.3 Å². The van der Waals surface area contributed by atoms with Gasteiger partial charge in [-0.2, -0.15) is 0 Å². The molecule has 0 nitrogen and oxygen atoms in total. The van der Waals surface area contributed by atoms with Crippen LogP contribution in [0.3, 0.4) is 0 Å². The molecule has 2 aromatic carbocycles. The van der Waals surface area contributed by atoms with Gasteiger partial charge >= 0.3 is 0 Å². The lowest BCUT2D eigenvalue weighted by Gasteiger charge is -2.00. The Bertz CT molecular complexity index is 499. The maximum atomic E-state index is 3.65. The van der Waals surface area contributed by atoms with Crippen LogP contribution in [0.25, 0.3) is 16.8 Å². The standard InChI is InChI=1S/C15H13/c1-2-3-4-8-13-10-7-11-14-9-5-6-12-15(13)14/h2-12H,1H2. The quantitative estimate of drug-likeness (QED) is 0.626. The largest absolute Gasteiger partial charge is 0.0842 e. The van der Waals surface area contributed by atoms with E-state index in [4.69, 9.17) is 0 Å². The molecule has 0 aliphatic rings. The number of benzene rings is 2. The first kappa shape index (κ1) is 9.72. The molecule has 0 unspecified atom stereocenters. The highest BCUT2D eigenvalue weighted by Gasteiger charge is 1.94. The summed E-state index contributed by atoms with van der Waals surface area (Å²) >= 11 is 0. The second-order valence-electron chi connectivity index (χ2n) is 3.36. The second-order valence-corrected chi connectivity index (χ2v) is 3.36. The van der Waals surface area contributed by atoms with Crippen molar-refractivity contribution in [1.29, 1.82) is 0 Å². The molecule has 0 heterocycles. The predicted molar refractivity (Wildman–Crippen MR) is 67.5 cm³/mol. The normalized spacial score (nSPS) is 11.8. The van der Waals surface area contributed by atoms with E-state index >= 15 is 0 Å². The molecule has 73 valence electrons. The lowest BCUT2D eigenvalue weighted by Crippen LogP contribution is -1.76. The van der Waals surface area contributed by atoms with Crippen molar-refractivity contribution in [3.05, 3.63) is 73.2 Å². The van der Waals surface area contributed by atoms with E-state index in [2.05, 4.69) is 55.5 Å². The van der Waals surface area contributed by atoms with E-state index in [9.17, 15) is 0 Å². The van der Waals surface area contributed by atoms with E-state index < -0.39 is 0 Å². The summed E-state index contributed by atoms with van der Waals surface area (Å²) < 4.78 is 0. The van der Waals surface area contributed by atoms with Crippen LogP contribution < -0.4 is 0 Å². The Kier molecular flexibility index (Phi) is 2.99. The average molecular weight is 193 g/mol. The third-order valence-corrected chi connectivity index (χ3v) is 2.35. The van der Waals surface area contributed by atoms with Gasteiger partial charge in [-0.15, -0.1) is 0 Å². The molecule has 0 aliphatic heterocycles. The monoisotopic (exact) mass is 193 g/mol. The smallest absolute Gasteiger partial charge is 0.0111 e. The Balaban J connectivity index is 2.51. The molecule has 0 spiro atoms. The van der Waals surface area contributed by atoms with Crippen LogP contribution in [0.1, 0.15) is 5.56 Å². The minimum Gasteiger partial charge on any atom is -0.0842 e. The summed E-state index contributed by atoms with van der Waals surface area (Å²) in [6.07, 6.45) is 7.82.